The first-order valence-electron chi connectivity index (χ1n) is 8.90. The Bertz CT molecular complexity index is 1070. The van der Waals surface area contributed by atoms with Gasteiger partial charge in [-0.3, -0.25) is 10.2 Å². The molecule has 1 aliphatic heterocycles. The second-order valence-corrected chi connectivity index (χ2v) is 6.47. The van der Waals surface area contributed by atoms with Gasteiger partial charge < -0.3 is 0 Å². The molecule has 0 saturated heterocycles. The minimum absolute atomic E-state index is 0.170. The zero-order valence-corrected chi connectivity index (χ0v) is 15.3. The number of nitrogens with zero attached hydrogens (tertiary/aromatic N) is 2. The number of hydrogen-bond donors (Lipinski definition) is 1. The Kier molecular flexibility index (Phi) is 4.72. The number of halogens is 1. The molecule has 0 aromatic heterocycles. The number of amidine groups is 1. The SMILES string of the molecule is Cc1ccc(C2=NC(=Cc3ccccc3F)C(=O)N2Nc2ccccc2)cc1. The molecule has 28 heavy (non-hydrogen) atoms. The van der Waals surface area contributed by atoms with Gasteiger partial charge in [-0.05, 0) is 31.2 Å². The van der Waals surface area contributed by atoms with Crippen molar-refractivity contribution in [1.82, 2.24) is 5.01 Å². The van der Waals surface area contributed by atoms with E-state index < -0.39 is 5.82 Å². The van der Waals surface area contributed by atoms with Crippen LogP contribution in [0.4, 0.5) is 10.1 Å². The normalized spacial score (nSPS) is 15.1. The van der Waals surface area contributed by atoms with Crippen molar-refractivity contribution in [3.05, 3.63) is 107 Å². The third kappa shape index (κ3) is 3.55. The van der Waals surface area contributed by atoms with Crippen LogP contribution in [-0.2, 0) is 4.79 Å². The quantitative estimate of drug-likeness (QED) is 0.670. The van der Waals surface area contributed by atoms with Crippen molar-refractivity contribution >= 4 is 23.5 Å². The predicted octanol–water partition coefficient (Wildman–Crippen LogP) is 4.79. The molecule has 0 unspecified atom stereocenters. The number of anilines is 1. The van der Waals surface area contributed by atoms with E-state index >= 15 is 0 Å². The molecule has 3 aromatic carbocycles. The summed E-state index contributed by atoms with van der Waals surface area (Å²) in [6.07, 6.45) is 1.47. The maximum Gasteiger partial charge on any atom is 0.297 e. The summed E-state index contributed by atoms with van der Waals surface area (Å²) in [5.41, 5.74) is 6.25. The summed E-state index contributed by atoms with van der Waals surface area (Å²) in [6, 6.07) is 23.4. The fourth-order valence-electron chi connectivity index (χ4n) is 2.90. The van der Waals surface area contributed by atoms with Crippen LogP contribution in [0.15, 0.2) is 89.6 Å². The molecule has 0 spiro atoms. The summed E-state index contributed by atoms with van der Waals surface area (Å²) in [6.45, 7) is 1.99. The molecule has 0 fully saturated rings. The van der Waals surface area contributed by atoms with E-state index in [4.69, 9.17) is 0 Å². The molecule has 5 heteroatoms. The zero-order chi connectivity index (χ0) is 19.5. The van der Waals surface area contributed by atoms with Crippen LogP contribution in [-0.4, -0.2) is 16.8 Å². The molecular weight excluding hydrogens is 353 g/mol. The van der Waals surface area contributed by atoms with Crippen molar-refractivity contribution in [3.8, 4) is 0 Å². The molecular formula is C23H18FN3O. The lowest BCUT2D eigenvalue weighted by Crippen LogP contribution is -2.37. The smallest absolute Gasteiger partial charge is 0.290 e. The second-order valence-electron chi connectivity index (χ2n) is 6.47. The van der Waals surface area contributed by atoms with Crippen molar-refractivity contribution in [3.63, 3.8) is 0 Å². The highest BCUT2D eigenvalue weighted by Crippen LogP contribution is 2.24. The molecule has 0 aliphatic carbocycles. The molecule has 4 nitrogen and oxygen atoms in total. The third-order valence-electron chi connectivity index (χ3n) is 4.38. The average Bonchev–Trinajstić information content (AvgIpc) is 3.01. The highest BCUT2D eigenvalue weighted by Gasteiger charge is 2.31. The fraction of sp³-hybridized carbons (Fsp3) is 0.0435. The number of amides is 1. The molecule has 1 N–H and O–H groups in total. The average molecular weight is 371 g/mol. The van der Waals surface area contributed by atoms with Gasteiger partial charge in [0.25, 0.3) is 5.91 Å². The molecule has 138 valence electrons. The van der Waals surface area contributed by atoms with Gasteiger partial charge in [-0.2, -0.15) is 5.01 Å². The standard InChI is InChI=1S/C23H18FN3O/c1-16-11-13-17(14-12-16)22-25-21(15-18-7-5-6-10-20(18)24)23(28)27(22)26-19-8-3-2-4-9-19/h2-15,26H,1H3. The van der Waals surface area contributed by atoms with Crippen LogP contribution in [0, 0.1) is 12.7 Å². The lowest BCUT2D eigenvalue weighted by molar-refractivity contribution is -0.121. The molecule has 4 rings (SSSR count). The highest BCUT2D eigenvalue weighted by molar-refractivity contribution is 6.20. The first-order chi connectivity index (χ1) is 13.6. The third-order valence-corrected chi connectivity index (χ3v) is 4.38. The number of nitrogens with one attached hydrogen (secondary N) is 1. The maximum absolute atomic E-state index is 14.0. The van der Waals surface area contributed by atoms with E-state index in [0.29, 0.717) is 11.4 Å². The molecule has 1 amide bonds. The number of hydrogen-bond acceptors (Lipinski definition) is 3. The van der Waals surface area contributed by atoms with Crippen LogP contribution in [0.5, 0.6) is 0 Å². The number of aliphatic imine (C=N–C) groups is 1. The minimum Gasteiger partial charge on any atom is -0.290 e. The van der Waals surface area contributed by atoms with Crippen molar-refractivity contribution in [2.45, 2.75) is 6.92 Å². The second kappa shape index (κ2) is 7.48. The van der Waals surface area contributed by atoms with Gasteiger partial charge in [0.2, 0.25) is 0 Å². The van der Waals surface area contributed by atoms with E-state index in [0.717, 1.165) is 16.8 Å². The first kappa shape index (κ1) is 17.7. The number of carbonyl (C=O) groups is 1. The highest BCUT2D eigenvalue weighted by atomic mass is 19.1. The predicted molar refractivity (Wildman–Crippen MR) is 109 cm³/mol. The first-order valence-corrected chi connectivity index (χ1v) is 8.90. The minimum atomic E-state index is -0.399. The summed E-state index contributed by atoms with van der Waals surface area (Å²) in [5, 5.41) is 1.40. The Morgan fingerprint density at radius 3 is 2.32 bits per heavy atom. The van der Waals surface area contributed by atoms with Crippen LogP contribution in [0.1, 0.15) is 16.7 Å². The van der Waals surface area contributed by atoms with Gasteiger partial charge in [0.1, 0.15) is 11.5 Å². The van der Waals surface area contributed by atoms with Crippen molar-refractivity contribution in [2.24, 2.45) is 4.99 Å². The van der Waals surface area contributed by atoms with Gasteiger partial charge in [0, 0.05) is 11.1 Å². The Morgan fingerprint density at radius 1 is 0.929 bits per heavy atom. The Hall–Kier alpha value is -3.73. The largest absolute Gasteiger partial charge is 0.297 e. The molecule has 0 saturated carbocycles. The lowest BCUT2D eigenvalue weighted by Gasteiger charge is -2.20. The topological polar surface area (TPSA) is 44.7 Å². The van der Waals surface area contributed by atoms with Crippen LogP contribution in [0.25, 0.3) is 6.08 Å². The van der Waals surface area contributed by atoms with Gasteiger partial charge >= 0.3 is 0 Å². The van der Waals surface area contributed by atoms with Crippen molar-refractivity contribution < 1.29 is 9.18 Å². The Morgan fingerprint density at radius 2 is 1.61 bits per heavy atom. The molecule has 0 atom stereocenters. The Labute approximate surface area is 162 Å². The van der Waals surface area contributed by atoms with E-state index in [1.807, 2.05) is 61.5 Å². The summed E-state index contributed by atoms with van der Waals surface area (Å²) in [4.78, 5) is 17.5. The van der Waals surface area contributed by atoms with Gasteiger partial charge in [-0.25, -0.2) is 9.38 Å². The summed E-state index contributed by atoms with van der Waals surface area (Å²) in [5.74, 6) is -0.275. The molecule has 1 aliphatic rings. The fourth-order valence-corrected chi connectivity index (χ4v) is 2.90. The van der Waals surface area contributed by atoms with Gasteiger partial charge in [-0.1, -0.05) is 66.2 Å². The van der Waals surface area contributed by atoms with E-state index in [1.54, 1.807) is 18.2 Å². The van der Waals surface area contributed by atoms with Crippen LogP contribution < -0.4 is 5.43 Å². The van der Waals surface area contributed by atoms with Gasteiger partial charge in [-0.15, -0.1) is 0 Å². The van der Waals surface area contributed by atoms with Crippen molar-refractivity contribution in [1.29, 1.82) is 0 Å². The number of hydrazine groups is 1. The number of para-hydroxylation sites is 1. The van der Waals surface area contributed by atoms with E-state index in [1.165, 1.54) is 17.2 Å². The van der Waals surface area contributed by atoms with E-state index in [2.05, 4.69) is 10.4 Å². The zero-order valence-electron chi connectivity index (χ0n) is 15.3. The summed E-state index contributed by atoms with van der Waals surface area (Å²) in [7, 11) is 0. The monoisotopic (exact) mass is 371 g/mol. The van der Waals surface area contributed by atoms with E-state index in [9.17, 15) is 9.18 Å². The maximum atomic E-state index is 14.0. The van der Waals surface area contributed by atoms with Crippen LogP contribution in [0.3, 0.4) is 0 Å². The lowest BCUT2D eigenvalue weighted by atomic mass is 10.1. The number of carbonyl (C=O) groups excluding carboxylic acids is 1. The Balaban J connectivity index is 1.76. The molecule has 0 bridgehead atoms. The molecule has 1 heterocycles. The number of aryl methyl sites for hydroxylation is 1. The number of benzene rings is 3. The number of rotatable bonds is 4. The summed E-state index contributed by atoms with van der Waals surface area (Å²) < 4.78 is 14.0. The van der Waals surface area contributed by atoms with Gasteiger partial charge in [0.15, 0.2) is 5.84 Å². The van der Waals surface area contributed by atoms with E-state index in [-0.39, 0.29) is 11.6 Å². The van der Waals surface area contributed by atoms with Crippen molar-refractivity contribution in [2.75, 3.05) is 5.43 Å². The van der Waals surface area contributed by atoms with Gasteiger partial charge in [0.05, 0.1) is 5.69 Å². The van der Waals surface area contributed by atoms with Crippen LogP contribution in [0.2, 0.25) is 0 Å². The molecule has 0 radical (unpaired) electrons. The molecule has 3 aromatic rings. The van der Waals surface area contributed by atoms with Crippen LogP contribution >= 0.6 is 0 Å². The summed E-state index contributed by atoms with van der Waals surface area (Å²) >= 11 is 0.